The van der Waals surface area contributed by atoms with Gasteiger partial charge in [-0.1, -0.05) is 17.7 Å². The number of carbonyl (C=O) groups excluding carboxylic acids is 1. The van der Waals surface area contributed by atoms with E-state index in [0.717, 1.165) is 10.8 Å². The van der Waals surface area contributed by atoms with Crippen LogP contribution in [0.1, 0.15) is 22.7 Å². The number of benzene rings is 1. The minimum atomic E-state index is -0.924. The lowest BCUT2D eigenvalue weighted by atomic mass is 10.2. The lowest BCUT2D eigenvalue weighted by Gasteiger charge is -2.32. The molecule has 1 N–H and O–H groups in total. The van der Waals surface area contributed by atoms with Crippen molar-refractivity contribution in [1.29, 1.82) is 0 Å². The van der Waals surface area contributed by atoms with Crippen LogP contribution in [0.5, 0.6) is 5.75 Å². The van der Waals surface area contributed by atoms with Crippen LogP contribution in [0.3, 0.4) is 0 Å². The minimum Gasteiger partial charge on any atom is -0.486 e. The van der Waals surface area contributed by atoms with E-state index in [1.54, 1.807) is 4.90 Å². The maximum absolute atomic E-state index is 12.5. The molecule has 0 saturated carbocycles. The fourth-order valence-corrected chi connectivity index (χ4v) is 3.51. The van der Waals surface area contributed by atoms with E-state index in [9.17, 15) is 9.59 Å². The summed E-state index contributed by atoms with van der Waals surface area (Å²) in [6.07, 6.45) is -0.351. The number of hydrogen-bond acceptors (Lipinski definition) is 6. The first-order valence-corrected chi connectivity index (χ1v) is 9.61. The van der Waals surface area contributed by atoms with Crippen LogP contribution < -0.4 is 4.74 Å². The van der Waals surface area contributed by atoms with Gasteiger partial charge in [0.1, 0.15) is 17.4 Å². The van der Waals surface area contributed by atoms with Crippen molar-refractivity contribution in [1.82, 2.24) is 9.88 Å². The Morgan fingerprint density at radius 1 is 1.37 bits per heavy atom. The van der Waals surface area contributed by atoms with Crippen molar-refractivity contribution in [3.63, 3.8) is 0 Å². The number of carboxylic acid groups (broad SMARTS) is 1. The van der Waals surface area contributed by atoms with Crippen LogP contribution in [-0.4, -0.2) is 52.7 Å². The highest BCUT2D eigenvalue weighted by molar-refractivity contribution is 7.09. The Bertz CT molecular complexity index is 790. The molecule has 2 heterocycles. The fourth-order valence-electron chi connectivity index (χ4n) is 2.81. The first-order chi connectivity index (χ1) is 13.0. The van der Waals surface area contributed by atoms with Gasteiger partial charge in [0.15, 0.2) is 0 Å². The summed E-state index contributed by atoms with van der Waals surface area (Å²) in [5, 5.41) is 11.5. The van der Waals surface area contributed by atoms with Gasteiger partial charge < -0.3 is 19.5 Å². The predicted octanol–water partition coefficient (Wildman–Crippen LogP) is 2.28. The van der Waals surface area contributed by atoms with Crippen LogP contribution in [0.4, 0.5) is 0 Å². The molecule has 27 heavy (non-hydrogen) atoms. The Labute approximate surface area is 161 Å². The number of aliphatic carboxylic acids is 1. The van der Waals surface area contributed by atoms with Crippen molar-refractivity contribution in [2.24, 2.45) is 0 Å². The van der Waals surface area contributed by atoms with Crippen molar-refractivity contribution in [3.8, 4) is 5.75 Å². The van der Waals surface area contributed by atoms with Crippen molar-refractivity contribution >= 4 is 23.2 Å². The summed E-state index contributed by atoms with van der Waals surface area (Å²) < 4.78 is 11.1. The molecule has 1 atom stereocenters. The van der Waals surface area contributed by atoms with Crippen molar-refractivity contribution in [2.45, 2.75) is 32.5 Å². The molecular formula is C19H22N2O5S. The number of nitrogens with zero attached hydrogens (tertiary/aromatic N) is 2. The van der Waals surface area contributed by atoms with Gasteiger partial charge in [-0.25, -0.2) is 4.98 Å². The molecule has 1 amide bonds. The first kappa shape index (κ1) is 19.3. The van der Waals surface area contributed by atoms with Crippen LogP contribution in [0.25, 0.3) is 0 Å². The van der Waals surface area contributed by atoms with Crippen LogP contribution in [0.2, 0.25) is 0 Å². The molecule has 0 spiro atoms. The number of rotatable bonds is 7. The van der Waals surface area contributed by atoms with Crippen LogP contribution >= 0.6 is 11.3 Å². The zero-order valence-electron chi connectivity index (χ0n) is 15.1. The topological polar surface area (TPSA) is 89.0 Å². The SMILES string of the molecule is Cc1ccc(OCc2nc(CC(=O)N3CCOC(CC(=O)O)C3)cs2)cc1. The lowest BCUT2D eigenvalue weighted by molar-refractivity contribution is -0.147. The van der Waals surface area contributed by atoms with Crippen LogP contribution in [-0.2, 0) is 27.4 Å². The molecule has 7 nitrogen and oxygen atoms in total. The maximum atomic E-state index is 12.5. The second-order valence-corrected chi connectivity index (χ2v) is 7.38. The third-order valence-electron chi connectivity index (χ3n) is 4.21. The molecule has 0 bridgehead atoms. The second-order valence-electron chi connectivity index (χ2n) is 6.44. The van der Waals surface area contributed by atoms with Crippen molar-refractivity contribution in [3.05, 3.63) is 45.9 Å². The quantitative estimate of drug-likeness (QED) is 0.780. The van der Waals surface area contributed by atoms with E-state index in [2.05, 4.69) is 4.98 Å². The zero-order valence-corrected chi connectivity index (χ0v) is 15.9. The number of hydrogen-bond donors (Lipinski definition) is 1. The highest BCUT2D eigenvalue weighted by Gasteiger charge is 2.26. The average molecular weight is 390 g/mol. The lowest BCUT2D eigenvalue weighted by Crippen LogP contribution is -2.46. The standard InChI is InChI=1S/C19H22N2O5S/c1-13-2-4-15(5-3-13)26-11-17-20-14(12-27-17)8-18(22)21-6-7-25-16(10-21)9-19(23)24/h2-5,12,16H,6-11H2,1H3,(H,23,24). The molecule has 144 valence electrons. The molecular weight excluding hydrogens is 368 g/mol. The summed E-state index contributed by atoms with van der Waals surface area (Å²) in [7, 11) is 0. The smallest absolute Gasteiger partial charge is 0.306 e. The monoisotopic (exact) mass is 390 g/mol. The average Bonchev–Trinajstić information content (AvgIpc) is 3.08. The van der Waals surface area contributed by atoms with Crippen molar-refractivity contribution < 1.29 is 24.2 Å². The van der Waals surface area contributed by atoms with Gasteiger partial charge in [-0.2, -0.15) is 0 Å². The molecule has 8 heteroatoms. The first-order valence-electron chi connectivity index (χ1n) is 8.73. The molecule has 1 aliphatic heterocycles. The number of thiazole rings is 1. The molecule has 1 fully saturated rings. The van der Waals surface area contributed by atoms with E-state index in [-0.39, 0.29) is 18.7 Å². The largest absolute Gasteiger partial charge is 0.486 e. The Hall–Kier alpha value is -2.45. The Kier molecular flexibility index (Phi) is 6.41. The summed E-state index contributed by atoms with van der Waals surface area (Å²) in [5.74, 6) is -0.205. The molecule has 2 aromatic rings. The Morgan fingerprint density at radius 3 is 2.89 bits per heavy atom. The van der Waals surface area contributed by atoms with Crippen LogP contribution in [0, 0.1) is 6.92 Å². The summed E-state index contributed by atoms with van der Waals surface area (Å²) >= 11 is 1.46. The molecule has 1 aromatic carbocycles. The van der Waals surface area contributed by atoms with Gasteiger partial charge in [0.2, 0.25) is 5.91 Å². The van der Waals surface area contributed by atoms with Crippen molar-refractivity contribution in [2.75, 3.05) is 19.7 Å². The zero-order chi connectivity index (χ0) is 19.2. The van der Waals surface area contributed by atoms with Crippen LogP contribution in [0.15, 0.2) is 29.6 Å². The third-order valence-corrected chi connectivity index (χ3v) is 5.08. The van der Waals surface area contributed by atoms with Gasteiger partial charge in [0, 0.05) is 18.5 Å². The molecule has 1 aromatic heterocycles. The van der Waals surface area contributed by atoms with Gasteiger partial charge in [0.25, 0.3) is 0 Å². The molecule has 1 unspecified atom stereocenters. The summed E-state index contributed by atoms with van der Waals surface area (Å²) in [4.78, 5) is 29.4. The summed E-state index contributed by atoms with van der Waals surface area (Å²) in [6, 6.07) is 7.81. The number of morpholine rings is 1. The molecule has 0 aliphatic carbocycles. The fraction of sp³-hybridized carbons (Fsp3) is 0.421. The number of carboxylic acids is 1. The molecule has 1 saturated heterocycles. The third kappa shape index (κ3) is 5.77. The second kappa shape index (κ2) is 8.96. The van der Waals surface area contributed by atoms with Gasteiger partial charge in [-0.05, 0) is 19.1 Å². The van der Waals surface area contributed by atoms with Gasteiger partial charge in [-0.3, -0.25) is 9.59 Å². The van der Waals surface area contributed by atoms with Gasteiger partial charge >= 0.3 is 5.97 Å². The maximum Gasteiger partial charge on any atom is 0.306 e. The number of aromatic nitrogens is 1. The Balaban J connectivity index is 1.50. The molecule has 0 radical (unpaired) electrons. The van der Waals surface area contributed by atoms with E-state index in [4.69, 9.17) is 14.6 Å². The number of amides is 1. The Morgan fingerprint density at radius 2 is 2.15 bits per heavy atom. The number of carbonyl (C=O) groups is 2. The van der Waals surface area contributed by atoms with E-state index in [1.165, 1.54) is 16.9 Å². The normalized spacial score (nSPS) is 16.9. The van der Waals surface area contributed by atoms with E-state index < -0.39 is 12.1 Å². The van der Waals surface area contributed by atoms with E-state index >= 15 is 0 Å². The summed E-state index contributed by atoms with van der Waals surface area (Å²) in [5.41, 5.74) is 1.87. The van der Waals surface area contributed by atoms with Gasteiger partial charge in [-0.15, -0.1) is 11.3 Å². The molecule has 3 rings (SSSR count). The number of aryl methyl sites for hydroxylation is 1. The highest BCUT2D eigenvalue weighted by Crippen LogP contribution is 2.17. The van der Waals surface area contributed by atoms with Gasteiger partial charge in [0.05, 0.1) is 31.2 Å². The minimum absolute atomic E-state index is 0.0648. The molecule has 1 aliphatic rings. The van der Waals surface area contributed by atoms with E-state index in [1.807, 2.05) is 36.6 Å². The summed E-state index contributed by atoms with van der Waals surface area (Å²) in [6.45, 7) is 3.52. The predicted molar refractivity (Wildman–Crippen MR) is 99.9 cm³/mol. The van der Waals surface area contributed by atoms with E-state index in [0.29, 0.717) is 32.0 Å². The number of ether oxygens (including phenoxy) is 2. The highest BCUT2D eigenvalue weighted by atomic mass is 32.1.